The van der Waals surface area contributed by atoms with Crippen LogP contribution in [0.15, 0.2) is 42.5 Å². The van der Waals surface area contributed by atoms with Crippen LogP contribution in [-0.2, 0) is 4.79 Å². The molecule has 7 heteroatoms. The van der Waals surface area contributed by atoms with Crippen LogP contribution < -0.4 is 10.6 Å². The van der Waals surface area contributed by atoms with E-state index in [9.17, 15) is 22.8 Å². The van der Waals surface area contributed by atoms with E-state index in [-0.39, 0.29) is 11.5 Å². The van der Waals surface area contributed by atoms with Gasteiger partial charge in [-0.05, 0) is 42.7 Å². The van der Waals surface area contributed by atoms with Crippen LogP contribution in [0.3, 0.4) is 0 Å². The van der Waals surface area contributed by atoms with Gasteiger partial charge in [-0.2, -0.15) is 0 Å². The molecule has 0 saturated carbocycles. The van der Waals surface area contributed by atoms with Crippen LogP contribution in [0.2, 0.25) is 0 Å². The molecule has 0 bridgehead atoms. The molecule has 0 saturated heterocycles. The number of hydrogen-bond acceptors (Lipinski definition) is 2. The van der Waals surface area contributed by atoms with Crippen LogP contribution in [0.5, 0.6) is 0 Å². The minimum Gasteiger partial charge on any atom is -0.348 e. The molecule has 2 unspecified atom stereocenters. The summed E-state index contributed by atoms with van der Waals surface area (Å²) in [6.45, 7) is 5.07. The molecule has 144 valence electrons. The summed E-state index contributed by atoms with van der Waals surface area (Å²) in [4.78, 5) is 24.9. The lowest BCUT2D eigenvalue weighted by atomic mass is 10.0. The van der Waals surface area contributed by atoms with Gasteiger partial charge in [0.25, 0.3) is 5.91 Å². The first-order chi connectivity index (χ1) is 12.7. The lowest BCUT2D eigenvalue weighted by Crippen LogP contribution is -2.50. The number of carbonyl (C=O) groups excluding carboxylic acids is 2. The topological polar surface area (TPSA) is 58.2 Å². The average molecular weight is 378 g/mol. The highest BCUT2D eigenvalue weighted by molar-refractivity contribution is 5.97. The van der Waals surface area contributed by atoms with Gasteiger partial charge in [-0.3, -0.25) is 9.59 Å². The number of benzene rings is 2. The molecular formula is C20H21F3N2O2. The number of nitrogens with one attached hydrogen (secondary N) is 2. The number of rotatable bonds is 6. The Morgan fingerprint density at radius 3 is 2.11 bits per heavy atom. The lowest BCUT2D eigenvalue weighted by molar-refractivity contribution is -0.124. The van der Waals surface area contributed by atoms with Gasteiger partial charge in [0.1, 0.15) is 11.9 Å². The maximum atomic E-state index is 13.8. The molecule has 0 aliphatic heterocycles. The summed E-state index contributed by atoms with van der Waals surface area (Å²) in [5, 5.41) is 5.18. The van der Waals surface area contributed by atoms with Crippen molar-refractivity contribution in [1.82, 2.24) is 10.6 Å². The van der Waals surface area contributed by atoms with Gasteiger partial charge in [-0.1, -0.05) is 32.0 Å². The Balaban J connectivity index is 2.11. The predicted octanol–water partition coefficient (Wildman–Crippen LogP) is 3.74. The molecule has 0 fully saturated rings. The molecule has 0 spiro atoms. The van der Waals surface area contributed by atoms with Gasteiger partial charge in [0.15, 0.2) is 11.6 Å². The highest BCUT2D eigenvalue weighted by atomic mass is 19.2. The molecule has 2 rings (SSSR count). The minimum atomic E-state index is -1.01. The maximum absolute atomic E-state index is 13.8. The standard InChI is InChI=1S/C20H21F3N2O2/c1-11(2)18(25-19(26)14-6-4-5-7-15(14)21)20(27)24-12(3)13-8-9-16(22)17(23)10-13/h4-12,18H,1-3H3,(H,24,27)(H,25,26). The van der Waals surface area contributed by atoms with E-state index >= 15 is 0 Å². The minimum absolute atomic E-state index is 0.162. The number of hydrogen-bond donors (Lipinski definition) is 2. The fraction of sp³-hybridized carbons (Fsp3) is 0.300. The molecule has 2 N–H and O–H groups in total. The molecule has 0 heterocycles. The molecule has 0 radical (unpaired) electrons. The van der Waals surface area contributed by atoms with E-state index in [4.69, 9.17) is 0 Å². The first-order valence-corrected chi connectivity index (χ1v) is 8.51. The Hall–Kier alpha value is -2.83. The van der Waals surface area contributed by atoms with Crippen molar-refractivity contribution in [2.45, 2.75) is 32.9 Å². The van der Waals surface area contributed by atoms with Crippen LogP contribution in [0, 0.1) is 23.4 Å². The van der Waals surface area contributed by atoms with E-state index in [0.29, 0.717) is 5.56 Å². The van der Waals surface area contributed by atoms with E-state index in [1.807, 2.05) is 0 Å². The zero-order valence-electron chi connectivity index (χ0n) is 15.2. The summed E-state index contributed by atoms with van der Waals surface area (Å²) in [5.74, 6) is -4.17. The monoisotopic (exact) mass is 378 g/mol. The zero-order chi connectivity index (χ0) is 20.1. The van der Waals surface area contributed by atoms with Crippen molar-refractivity contribution in [1.29, 1.82) is 0 Å². The van der Waals surface area contributed by atoms with Crippen LogP contribution >= 0.6 is 0 Å². The van der Waals surface area contributed by atoms with Gasteiger partial charge in [0, 0.05) is 0 Å². The maximum Gasteiger partial charge on any atom is 0.254 e. The van der Waals surface area contributed by atoms with E-state index in [0.717, 1.165) is 18.2 Å². The molecular weight excluding hydrogens is 357 g/mol. The summed E-state index contributed by atoms with van der Waals surface area (Å²) in [7, 11) is 0. The summed E-state index contributed by atoms with van der Waals surface area (Å²) in [5.41, 5.74) is 0.217. The Morgan fingerprint density at radius 2 is 1.52 bits per heavy atom. The Morgan fingerprint density at radius 1 is 0.852 bits per heavy atom. The van der Waals surface area contributed by atoms with Crippen LogP contribution in [0.4, 0.5) is 13.2 Å². The fourth-order valence-corrected chi connectivity index (χ4v) is 2.57. The van der Waals surface area contributed by atoms with E-state index in [1.54, 1.807) is 20.8 Å². The second-order valence-corrected chi connectivity index (χ2v) is 6.58. The van der Waals surface area contributed by atoms with E-state index in [1.165, 1.54) is 24.3 Å². The summed E-state index contributed by atoms with van der Waals surface area (Å²) in [6, 6.07) is 7.27. The van der Waals surface area contributed by atoms with Crippen molar-refractivity contribution in [3.63, 3.8) is 0 Å². The third-order valence-corrected chi connectivity index (χ3v) is 4.16. The molecule has 2 aromatic carbocycles. The summed E-state index contributed by atoms with van der Waals surface area (Å²) >= 11 is 0. The Kier molecular flexibility index (Phi) is 6.60. The van der Waals surface area contributed by atoms with E-state index < -0.39 is 41.3 Å². The Bertz CT molecular complexity index is 840. The van der Waals surface area contributed by atoms with E-state index in [2.05, 4.69) is 10.6 Å². The Labute approximate surface area is 155 Å². The fourth-order valence-electron chi connectivity index (χ4n) is 2.57. The zero-order valence-corrected chi connectivity index (χ0v) is 15.2. The molecule has 0 aromatic heterocycles. The second-order valence-electron chi connectivity index (χ2n) is 6.58. The molecule has 2 aromatic rings. The van der Waals surface area contributed by atoms with Crippen LogP contribution in [-0.4, -0.2) is 17.9 Å². The molecule has 27 heavy (non-hydrogen) atoms. The quantitative estimate of drug-likeness (QED) is 0.805. The first-order valence-electron chi connectivity index (χ1n) is 8.51. The molecule has 0 aliphatic carbocycles. The summed E-state index contributed by atoms with van der Waals surface area (Å²) in [6.07, 6.45) is 0. The van der Waals surface area contributed by atoms with Crippen molar-refractivity contribution in [2.75, 3.05) is 0 Å². The highest BCUT2D eigenvalue weighted by Gasteiger charge is 2.27. The normalized spacial score (nSPS) is 13.1. The number of halogens is 3. The molecule has 2 atom stereocenters. The smallest absolute Gasteiger partial charge is 0.254 e. The van der Waals surface area contributed by atoms with Gasteiger partial charge >= 0.3 is 0 Å². The van der Waals surface area contributed by atoms with Crippen LogP contribution in [0.25, 0.3) is 0 Å². The van der Waals surface area contributed by atoms with Crippen molar-refractivity contribution >= 4 is 11.8 Å². The van der Waals surface area contributed by atoms with Gasteiger partial charge in [0.05, 0.1) is 11.6 Å². The van der Waals surface area contributed by atoms with Gasteiger partial charge in [-0.25, -0.2) is 13.2 Å². The second kappa shape index (κ2) is 8.70. The molecule has 2 amide bonds. The lowest BCUT2D eigenvalue weighted by Gasteiger charge is -2.24. The molecule has 4 nitrogen and oxygen atoms in total. The van der Waals surface area contributed by atoms with Gasteiger partial charge < -0.3 is 10.6 Å². The van der Waals surface area contributed by atoms with Crippen molar-refractivity contribution < 1.29 is 22.8 Å². The number of carbonyl (C=O) groups is 2. The van der Waals surface area contributed by atoms with Crippen molar-refractivity contribution in [2.24, 2.45) is 5.92 Å². The predicted molar refractivity (Wildman–Crippen MR) is 95.4 cm³/mol. The van der Waals surface area contributed by atoms with Crippen LogP contribution in [0.1, 0.15) is 42.7 Å². The third kappa shape index (κ3) is 5.09. The van der Waals surface area contributed by atoms with Crippen molar-refractivity contribution in [3.8, 4) is 0 Å². The van der Waals surface area contributed by atoms with Gasteiger partial charge in [-0.15, -0.1) is 0 Å². The largest absolute Gasteiger partial charge is 0.348 e. The first kappa shape index (κ1) is 20.5. The summed E-state index contributed by atoms with van der Waals surface area (Å²) < 4.78 is 40.2. The number of amides is 2. The average Bonchev–Trinajstić information content (AvgIpc) is 2.61. The van der Waals surface area contributed by atoms with Gasteiger partial charge in [0.2, 0.25) is 5.91 Å². The highest BCUT2D eigenvalue weighted by Crippen LogP contribution is 2.17. The van der Waals surface area contributed by atoms with Crippen molar-refractivity contribution in [3.05, 3.63) is 71.0 Å². The third-order valence-electron chi connectivity index (χ3n) is 4.16. The molecule has 0 aliphatic rings. The SMILES string of the molecule is CC(NC(=O)C(NC(=O)c1ccccc1F)C(C)C)c1ccc(F)c(F)c1.